The van der Waals surface area contributed by atoms with E-state index in [1.54, 1.807) is 18.2 Å². The van der Waals surface area contributed by atoms with Crippen molar-refractivity contribution in [2.24, 2.45) is 4.99 Å². The summed E-state index contributed by atoms with van der Waals surface area (Å²) < 4.78 is 0. The van der Waals surface area contributed by atoms with Gasteiger partial charge in [-0.25, -0.2) is 4.79 Å². The van der Waals surface area contributed by atoms with Gasteiger partial charge in [0, 0.05) is 17.5 Å². The number of hydrogen-bond donors (Lipinski definition) is 3. The molecule has 1 aromatic carbocycles. The molecule has 0 unspecified atom stereocenters. The lowest BCUT2D eigenvalue weighted by molar-refractivity contribution is -0.137. The smallest absolute Gasteiger partial charge is 0.329 e. The number of rotatable bonds is 4. The van der Waals surface area contributed by atoms with Crippen LogP contribution >= 0.6 is 12.6 Å². The summed E-state index contributed by atoms with van der Waals surface area (Å²) in [6, 6.07) is 5.69. The Kier molecular flexibility index (Phi) is 4.17. The van der Waals surface area contributed by atoms with Crippen LogP contribution in [0, 0.1) is 0 Å². The molecule has 0 aromatic heterocycles. The standard InChI is InChI=1S/C10H11NO3S/c12-9-4-2-1-3-7(9)5-11-8(6-15)10(13)14/h1-5,8,12,15H,6H2,(H,13,14)/b11-5+/t8-/m0/s1. The first kappa shape index (κ1) is 11.6. The van der Waals surface area contributed by atoms with E-state index in [1.165, 1.54) is 12.3 Å². The predicted molar refractivity (Wildman–Crippen MR) is 61.0 cm³/mol. The maximum absolute atomic E-state index is 10.6. The van der Waals surface area contributed by atoms with E-state index in [2.05, 4.69) is 17.6 Å². The molecule has 1 rings (SSSR count). The van der Waals surface area contributed by atoms with Crippen LogP contribution in [0.15, 0.2) is 29.3 Å². The molecule has 0 fully saturated rings. The maximum atomic E-state index is 10.6. The fourth-order valence-corrected chi connectivity index (χ4v) is 1.21. The number of carbonyl (C=O) groups is 1. The lowest BCUT2D eigenvalue weighted by atomic mass is 10.2. The van der Waals surface area contributed by atoms with E-state index in [-0.39, 0.29) is 11.5 Å². The van der Waals surface area contributed by atoms with Crippen LogP contribution in [0.25, 0.3) is 0 Å². The molecule has 0 spiro atoms. The van der Waals surface area contributed by atoms with E-state index < -0.39 is 12.0 Å². The van der Waals surface area contributed by atoms with Crippen molar-refractivity contribution < 1.29 is 15.0 Å². The molecule has 0 saturated carbocycles. The SMILES string of the molecule is O=C(O)[C@H](CS)/N=C/c1ccccc1O. The molecule has 1 aromatic rings. The molecule has 0 bridgehead atoms. The lowest BCUT2D eigenvalue weighted by Crippen LogP contribution is -2.19. The van der Waals surface area contributed by atoms with Gasteiger partial charge < -0.3 is 10.2 Å². The van der Waals surface area contributed by atoms with E-state index in [9.17, 15) is 9.90 Å². The molecule has 4 nitrogen and oxygen atoms in total. The number of phenols is 1. The van der Waals surface area contributed by atoms with Crippen molar-refractivity contribution in [3.8, 4) is 5.75 Å². The van der Waals surface area contributed by atoms with Gasteiger partial charge in [-0.15, -0.1) is 0 Å². The Morgan fingerprint density at radius 2 is 2.20 bits per heavy atom. The molecule has 0 radical (unpaired) electrons. The summed E-state index contributed by atoms with van der Waals surface area (Å²) in [5.41, 5.74) is 0.491. The zero-order chi connectivity index (χ0) is 11.3. The third kappa shape index (κ3) is 3.28. The number of para-hydroxylation sites is 1. The number of nitrogens with zero attached hydrogens (tertiary/aromatic N) is 1. The van der Waals surface area contributed by atoms with Crippen LogP contribution in [0.2, 0.25) is 0 Å². The number of hydrogen-bond acceptors (Lipinski definition) is 4. The van der Waals surface area contributed by atoms with E-state index in [1.807, 2.05) is 0 Å². The average molecular weight is 225 g/mol. The zero-order valence-corrected chi connectivity index (χ0v) is 8.76. The Labute approximate surface area is 92.7 Å². The van der Waals surface area contributed by atoms with Crippen LogP contribution in [-0.4, -0.2) is 34.2 Å². The molecule has 0 heterocycles. The second-order valence-corrected chi connectivity index (χ2v) is 3.24. The van der Waals surface area contributed by atoms with Crippen LogP contribution in [-0.2, 0) is 4.79 Å². The lowest BCUT2D eigenvalue weighted by Gasteiger charge is -2.02. The van der Waals surface area contributed by atoms with Gasteiger partial charge >= 0.3 is 5.97 Å². The summed E-state index contributed by atoms with van der Waals surface area (Å²) in [6.07, 6.45) is 1.34. The second-order valence-electron chi connectivity index (χ2n) is 2.87. The predicted octanol–water partition coefficient (Wildman–Crippen LogP) is 1.19. The number of carboxylic acids is 1. The fourth-order valence-electron chi connectivity index (χ4n) is 0.956. The average Bonchev–Trinajstić information content (AvgIpc) is 2.21. The van der Waals surface area contributed by atoms with Crippen molar-refractivity contribution in [3.63, 3.8) is 0 Å². The molecule has 5 heteroatoms. The molecule has 1 atom stereocenters. The summed E-state index contributed by atoms with van der Waals surface area (Å²) in [6.45, 7) is 0. The molecule has 0 saturated heterocycles. The Balaban J connectivity index is 2.81. The van der Waals surface area contributed by atoms with Crippen LogP contribution in [0.5, 0.6) is 5.75 Å². The first-order valence-electron chi connectivity index (χ1n) is 4.30. The Morgan fingerprint density at radius 3 is 2.73 bits per heavy atom. The van der Waals surface area contributed by atoms with E-state index in [4.69, 9.17) is 5.11 Å². The molecule has 0 amide bonds. The van der Waals surface area contributed by atoms with Crippen molar-refractivity contribution in [3.05, 3.63) is 29.8 Å². The van der Waals surface area contributed by atoms with Crippen LogP contribution in [0.4, 0.5) is 0 Å². The highest BCUT2D eigenvalue weighted by molar-refractivity contribution is 7.80. The van der Waals surface area contributed by atoms with Gasteiger partial charge in [0.1, 0.15) is 5.75 Å². The van der Waals surface area contributed by atoms with Crippen molar-refractivity contribution in [1.29, 1.82) is 0 Å². The largest absolute Gasteiger partial charge is 0.507 e. The number of aliphatic carboxylic acids is 1. The number of thiol groups is 1. The van der Waals surface area contributed by atoms with E-state index in [0.717, 1.165) is 0 Å². The van der Waals surface area contributed by atoms with Crippen LogP contribution in [0.3, 0.4) is 0 Å². The van der Waals surface area contributed by atoms with Gasteiger partial charge in [-0.3, -0.25) is 4.99 Å². The van der Waals surface area contributed by atoms with Crippen molar-refractivity contribution in [2.45, 2.75) is 6.04 Å². The maximum Gasteiger partial charge on any atom is 0.329 e. The number of aliphatic imine (C=N–C) groups is 1. The van der Waals surface area contributed by atoms with Crippen LogP contribution in [0.1, 0.15) is 5.56 Å². The van der Waals surface area contributed by atoms with Gasteiger partial charge in [-0.1, -0.05) is 12.1 Å². The van der Waals surface area contributed by atoms with Crippen LogP contribution < -0.4 is 0 Å². The highest BCUT2D eigenvalue weighted by Gasteiger charge is 2.12. The minimum atomic E-state index is -1.03. The zero-order valence-electron chi connectivity index (χ0n) is 7.87. The topological polar surface area (TPSA) is 69.9 Å². The minimum Gasteiger partial charge on any atom is -0.507 e. The Morgan fingerprint density at radius 1 is 1.53 bits per heavy atom. The molecular weight excluding hydrogens is 214 g/mol. The fraction of sp³-hybridized carbons (Fsp3) is 0.200. The van der Waals surface area contributed by atoms with Crippen molar-refractivity contribution >= 4 is 24.8 Å². The minimum absolute atomic E-state index is 0.0737. The number of phenolic OH excluding ortho intramolecular Hbond substituents is 1. The molecule has 15 heavy (non-hydrogen) atoms. The molecule has 0 aliphatic rings. The van der Waals surface area contributed by atoms with Crippen molar-refractivity contribution in [1.82, 2.24) is 0 Å². The molecule has 0 aliphatic heterocycles. The summed E-state index contributed by atoms with van der Waals surface area (Å²) in [7, 11) is 0. The highest BCUT2D eigenvalue weighted by atomic mass is 32.1. The molecular formula is C10H11NO3S. The first-order chi connectivity index (χ1) is 7.15. The summed E-state index contributed by atoms with van der Waals surface area (Å²) in [5, 5.41) is 18.1. The van der Waals surface area contributed by atoms with Gasteiger partial charge in [0.25, 0.3) is 0 Å². The number of aromatic hydroxyl groups is 1. The molecule has 0 aliphatic carbocycles. The second kappa shape index (κ2) is 5.41. The molecule has 2 N–H and O–H groups in total. The van der Waals surface area contributed by atoms with Gasteiger partial charge in [0.2, 0.25) is 0 Å². The number of benzene rings is 1. The van der Waals surface area contributed by atoms with E-state index in [0.29, 0.717) is 5.56 Å². The summed E-state index contributed by atoms with van der Waals surface area (Å²) in [4.78, 5) is 14.4. The highest BCUT2D eigenvalue weighted by Crippen LogP contribution is 2.13. The normalized spacial score (nSPS) is 12.9. The summed E-state index contributed by atoms with van der Waals surface area (Å²) in [5.74, 6) is -0.833. The Bertz CT molecular complexity index is 379. The van der Waals surface area contributed by atoms with Crippen molar-refractivity contribution in [2.75, 3.05) is 5.75 Å². The monoisotopic (exact) mass is 225 g/mol. The van der Waals surface area contributed by atoms with E-state index >= 15 is 0 Å². The third-order valence-electron chi connectivity index (χ3n) is 1.79. The first-order valence-corrected chi connectivity index (χ1v) is 4.93. The third-order valence-corrected chi connectivity index (χ3v) is 2.13. The summed E-state index contributed by atoms with van der Waals surface area (Å²) >= 11 is 3.87. The van der Waals surface area contributed by atoms with Gasteiger partial charge in [-0.05, 0) is 12.1 Å². The Hall–Kier alpha value is -1.49. The van der Waals surface area contributed by atoms with Gasteiger partial charge in [-0.2, -0.15) is 12.6 Å². The number of carboxylic acid groups (broad SMARTS) is 1. The van der Waals surface area contributed by atoms with Gasteiger partial charge in [0.15, 0.2) is 6.04 Å². The molecule has 80 valence electrons. The quantitative estimate of drug-likeness (QED) is 0.532. The van der Waals surface area contributed by atoms with Gasteiger partial charge in [0.05, 0.1) is 0 Å².